The van der Waals surface area contributed by atoms with Crippen LogP contribution in [0.25, 0.3) is 10.4 Å². The Morgan fingerprint density at radius 2 is 2.26 bits per heavy atom. The van der Waals surface area contributed by atoms with Gasteiger partial charge in [0.2, 0.25) is 0 Å². The number of azide groups is 1. The average molecular weight is 377 g/mol. The van der Waals surface area contributed by atoms with Crippen LogP contribution in [-0.4, -0.2) is 28.2 Å². The predicted octanol–water partition coefficient (Wildman–Crippen LogP) is -1.78. The normalized spacial score (nSPS) is 12.7. The molecule has 4 N–H and O–H groups in total. The molecule has 0 fully saturated rings. The highest BCUT2D eigenvalue weighted by Crippen LogP contribution is 2.34. The molecule has 124 valence electrons. The lowest BCUT2D eigenvalue weighted by atomic mass is 10.1. The van der Waals surface area contributed by atoms with Crippen LogP contribution in [0.1, 0.15) is 38.3 Å². The summed E-state index contributed by atoms with van der Waals surface area (Å²) in [7, 11) is 1.25. The first-order chi connectivity index (χ1) is 10.6. The fraction of sp³-hybridized carbons (Fsp3) is 0.364. The molecule has 0 radical (unpaired) electrons. The number of halogens is 1. The lowest BCUT2D eigenvalue weighted by Crippen LogP contribution is -3.00. The Morgan fingerprint density at radius 1 is 1.52 bits per heavy atom. The smallest absolute Gasteiger partial charge is 0.357 e. The van der Waals surface area contributed by atoms with Gasteiger partial charge in [-0.15, -0.1) is 22.7 Å². The number of aliphatic hydroxyl groups excluding tert-OH is 1. The highest BCUT2D eigenvalue weighted by atomic mass is 35.5. The summed E-state index contributed by atoms with van der Waals surface area (Å²) in [6.07, 6.45) is -1.15. The molecule has 0 spiro atoms. The van der Waals surface area contributed by atoms with E-state index in [1.807, 2.05) is 0 Å². The van der Waals surface area contributed by atoms with E-state index in [1.165, 1.54) is 23.8 Å². The maximum Gasteiger partial charge on any atom is 0.357 e. The Hall–Kier alpha value is -1.75. The van der Waals surface area contributed by atoms with E-state index >= 15 is 0 Å². The van der Waals surface area contributed by atoms with Crippen molar-refractivity contribution in [2.24, 2.45) is 5.11 Å². The minimum atomic E-state index is -1.15. The zero-order valence-electron chi connectivity index (χ0n) is 11.9. The van der Waals surface area contributed by atoms with E-state index in [9.17, 15) is 9.90 Å². The van der Waals surface area contributed by atoms with Gasteiger partial charge in [0, 0.05) is 15.7 Å². The van der Waals surface area contributed by atoms with E-state index in [4.69, 9.17) is 5.53 Å². The van der Waals surface area contributed by atoms with Gasteiger partial charge in [-0.05, 0) is 5.53 Å². The first kappa shape index (κ1) is 19.3. The molecule has 9 nitrogen and oxygen atoms in total. The zero-order chi connectivity index (χ0) is 16.1. The van der Waals surface area contributed by atoms with Crippen LogP contribution in [0.4, 0.5) is 0 Å². The van der Waals surface area contributed by atoms with Gasteiger partial charge in [0.1, 0.15) is 28.7 Å². The van der Waals surface area contributed by atoms with E-state index in [0.29, 0.717) is 17.2 Å². The first-order valence-electron chi connectivity index (χ1n) is 6.10. The molecule has 2 aromatic heterocycles. The van der Waals surface area contributed by atoms with Crippen LogP contribution in [-0.2, 0) is 11.3 Å². The minimum Gasteiger partial charge on any atom is -1.00 e. The third-order valence-electron chi connectivity index (χ3n) is 2.73. The highest BCUT2D eigenvalue weighted by molar-refractivity contribution is 7.10. The van der Waals surface area contributed by atoms with Crippen molar-refractivity contribution in [3.05, 3.63) is 42.6 Å². The summed E-state index contributed by atoms with van der Waals surface area (Å²) in [5.41, 5.74) is 12.9. The quantitative estimate of drug-likeness (QED) is 0.264. The van der Waals surface area contributed by atoms with Gasteiger partial charge in [-0.2, -0.15) is 0 Å². The van der Waals surface area contributed by atoms with Crippen LogP contribution in [0.15, 0.2) is 15.9 Å². The Kier molecular flexibility index (Phi) is 7.36. The maximum absolute atomic E-state index is 11.4. The molecule has 2 unspecified atom stereocenters. The molecule has 2 atom stereocenters. The van der Waals surface area contributed by atoms with Gasteiger partial charge < -0.3 is 28.0 Å². The number of carbonyl (C=O) groups excluding carboxylic acids is 1. The number of hydrogen-bond acceptors (Lipinski definition) is 8. The topological polar surface area (TPSA) is 149 Å². The molecule has 0 saturated carbocycles. The van der Waals surface area contributed by atoms with E-state index in [1.54, 1.807) is 5.38 Å². The van der Waals surface area contributed by atoms with Crippen molar-refractivity contribution >= 4 is 28.6 Å². The molecule has 0 aliphatic rings. The number of thiazole rings is 2. The van der Waals surface area contributed by atoms with Crippen molar-refractivity contribution in [1.82, 2.24) is 9.97 Å². The molecule has 0 aromatic carbocycles. The monoisotopic (exact) mass is 376 g/mol. The van der Waals surface area contributed by atoms with Gasteiger partial charge in [-0.25, -0.2) is 14.8 Å². The first-order valence-corrected chi connectivity index (χ1v) is 7.86. The Bertz CT molecular complexity index is 714. The van der Waals surface area contributed by atoms with Crippen molar-refractivity contribution in [1.29, 1.82) is 0 Å². The fourth-order valence-corrected chi connectivity index (χ4v) is 3.24. The molecule has 0 bridgehead atoms. The molecule has 0 amide bonds. The van der Waals surface area contributed by atoms with Crippen LogP contribution in [0.2, 0.25) is 0 Å². The number of hydrogen-bond donors (Lipinski definition) is 2. The largest absolute Gasteiger partial charge is 1.00 e. The summed E-state index contributed by atoms with van der Waals surface area (Å²) in [6, 6.07) is -0.965. The highest BCUT2D eigenvalue weighted by Gasteiger charge is 2.27. The minimum absolute atomic E-state index is 0. The lowest BCUT2D eigenvalue weighted by molar-refractivity contribution is -0.386. The fourth-order valence-electron chi connectivity index (χ4n) is 1.66. The van der Waals surface area contributed by atoms with Gasteiger partial charge in [-0.1, -0.05) is 5.11 Å². The number of ether oxygens (including phenoxy) is 1. The molecular formula is C11H13ClN6O3S2. The molecule has 0 aliphatic heterocycles. The number of quaternary nitrogens is 1. The summed E-state index contributed by atoms with van der Waals surface area (Å²) < 4.78 is 4.57. The Morgan fingerprint density at radius 3 is 2.83 bits per heavy atom. The molecule has 2 rings (SSSR count). The molecule has 0 saturated heterocycles. The Labute approximate surface area is 145 Å². The van der Waals surface area contributed by atoms with E-state index in [-0.39, 0.29) is 18.1 Å². The van der Waals surface area contributed by atoms with Crippen LogP contribution < -0.4 is 18.1 Å². The van der Waals surface area contributed by atoms with Crippen molar-refractivity contribution in [3.8, 4) is 0 Å². The molecule has 2 aromatic rings. The van der Waals surface area contributed by atoms with Gasteiger partial charge in [0.15, 0.2) is 5.69 Å². The van der Waals surface area contributed by atoms with Crippen LogP contribution in [0.5, 0.6) is 0 Å². The average Bonchev–Trinajstić information content (AvgIpc) is 3.20. The van der Waals surface area contributed by atoms with Gasteiger partial charge in [0.05, 0.1) is 12.8 Å². The second-order valence-corrected chi connectivity index (χ2v) is 5.91. The maximum atomic E-state index is 11.4. The third kappa shape index (κ3) is 4.38. The van der Waals surface area contributed by atoms with Crippen molar-refractivity contribution in [2.45, 2.75) is 18.7 Å². The standard InChI is InChI=1S/C11H12N6O3S2.ClH/c1-20-11(19)6-4-22-10(15-6)8(16-17-13)9(18)5-3-21-7(2-12)14-5;/h3-4,8-9,18H,2,12H2,1H3;1H. The van der Waals surface area contributed by atoms with Crippen LogP contribution in [0, 0.1) is 0 Å². The van der Waals surface area contributed by atoms with Crippen molar-refractivity contribution < 1.29 is 32.8 Å². The number of aromatic nitrogens is 2. The van der Waals surface area contributed by atoms with Gasteiger partial charge >= 0.3 is 5.97 Å². The summed E-state index contributed by atoms with van der Waals surface area (Å²) in [4.78, 5) is 22.4. The molecule has 2 heterocycles. The number of rotatable bonds is 6. The molecule has 12 heteroatoms. The van der Waals surface area contributed by atoms with E-state index in [0.717, 1.165) is 16.3 Å². The molecule has 23 heavy (non-hydrogen) atoms. The van der Waals surface area contributed by atoms with Crippen molar-refractivity contribution in [2.75, 3.05) is 7.11 Å². The van der Waals surface area contributed by atoms with Gasteiger partial charge in [-0.3, -0.25) is 0 Å². The van der Waals surface area contributed by atoms with Crippen molar-refractivity contribution in [3.63, 3.8) is 0 Å². The van der Waals surface area contributed by atoms with Crippen LogP contribution in [0.3, 0.4) is 0 Å². The number of methoxy groups -OCH3 is 1. The number of carbonyl (C=O) groups is 1. The second-order valence-electron chi connectivity index (χ2n) is 4.07. The number of aliphatic hydroxyl groups is 1. The van der Waals surface area contributed by atoms with Crippen LogP contribution >= 0.6 is 22.7 Å². The molecular weight excluding hydrogens is 364 g/mol. The summed E-state index contributed by atoms with van der Waals surface area (Å²) in [5, 5.41) is 18.2. The predicted molar refractivity (Wildman–Crippen MR) is 79.0 cm³/mol. The van der Waals surface area contributed by atoms with E-state index < -0.39 is 18.1 Å². The van der Waals surface area contributed by atoms with E-state index in [2.05, 4.69) is 30.5 Å². The van der Waals surface area contributed by atoms with Gasteiger partial charge in [0.25, 0.3) is 0 Å². The Balaban J connectivity index is 0.00000264. The number of esters is 1. The lowest BCUT2D eigenvalue weighted by Gasteiger charge is -2.13. The summed E-state index contributed by atoms with van der Waals surface area (Å²) >= 11 is 2.47. The third-order valence-corrected chi connectivity index (χ3v) is 4.57. The zero-order valence-corrected chi connectivity index (χ0v) is 14.3. The summed E-state index contributed by atoms with van der Waals surface area (Å²) in [5.74, 6) is -0.593. The number of nitrogens with zero attached hydrogens (tertiary/aromatic N) is 5. The summed E-state index contributed by atoms with van der Waals surface area (Å²) in [6.45, 7) is 0.507. The second kappa shape index (κ2) is 8.77. The molecule has 0 aliphatic carbocycles. The SMILES string of the molecule is COC(=O)c1csc(C(N=[N+]=[N-])C(O)c2csc(C[NH3+])n2)n1.[Cl-].